The van der Waals surface area contributed by atoms with Gasteiger partial charge in [-0.05, 0) is 45.9 Å². The largest absolute Gasteiger partial charge is 0.465 e. The van der Waals surface area contributed by atoms with Crippen LogP contribution in [-0.4, -0.2) is 25.8 Å². The average molecular weight is 280 g/mol. The van der Waals surface area contributed by atoms with Gasteiger partial charge in [0.2, 0.25) is 0 Å². The highest BCUT2D eigenvalue weighted by Gasteiger charge is 2.09. The molecule has 0 aliphatic heterocycles. The number of ether oxygens (including phenoxy) is 4. The third kappa shape index (κ3) is 5.23. The first-order chi connectivity index (χ1) is 9.60. The molecule has 0 spiro atoms. The minimum Gasteiger partial charge on any atom is -0.465 e. The number of hydrogen-bond donors (Lipinski definition) is 0. The minimum absolute atomic E-state index is 0.285. The van der Waals surface area contributed by atoms with Gasteiger partial charge in [-0.15, -0.1) is 0 Å². The first-order valence-electron chi connectivity index (χ1n) is 6.93. The van der Waals surface area contributed by atoms with Crippen LogP contribution in [-0.2, 0) is 9.47 Å². The van der Waals surface area contributed by atoms with E-state index in [1.807, 2.05) is 45.9 Å². The normalized spacial score (nSPS) is 13.6. The second kappa shape index (κ2) is 8.61. The standard InChI is InChI=1S/C16H24O4/c1-6-14-11-15(19-12(4)17-7-2)9-10-16(14)20-13(5)18-8-3/h6,9-13H,1,7-8H2,2-5H3. The highest BCUT2D eigenvalue weighted by molar-refractivity contribution is 5.58. The van der Waals surface area contributed by atoms with E-state index in [2.05, 4.69) is 6.58 Å². The molecule has 2 unspecified atom stereocenters. The Morgan fingerprint density at radius 1 is 1.05 bits per heavy atom. The second-order valence-corrected chi connectivity index (χ2v) is 4.19. The Bertz CT molecular complexity index is 417. The van der Waals surface area contributed by atoms with Crippen molar-refractivity contribution in [3.63, 3.8) is 0 Å². The molecule has 1 aromatic rings. The van der Waals surface area contributed by atoms with Crippen molar-refractivity contribution in [1.29, 1.82) is 0 Å². The van der Waals surface area contributed by atoms with Gasteiger partial charge in [-0.1, -0.05) is 12.7 Å². The van der Waals surface area contributed by atoms with E-state index in [1.54, 1.807) is 6.08 Å². The number of benzene rings is 1. The zero-order chi connectivity index (χ0) is 15.0. The molecule has 0 bridgehead atoms. The van der Waals surface area contributed by atoms with Crippen molar-refractivity contribution in [1.82, 2.24) is 0 Å². The molecule has 2 atom stereocenters. The average Bonchev–Trinajstić information content (AvgIpc) is 2.41. The van der Waals surface area contributed by atoms with Crippen LogP contribution in [0.4, 0.5) is 0 Å². The monoisotopic (exact) mass is 280 g/mol. The Kier molecular flexibility index (Phi) is 7.12. The molecule has 0 saturated carbocycles. The molecule has 1 aromatic carbocycles. The summed E-state index contributed by atoms with van der Waals surface area (Å²) in [6.07, 6.45) is 1.14. The van der Waals surface area contributed by atoms with Gasteiger partial charge in [0, 0.05) is 18.8 Å². The fourth-order valence-corrected chi connectivity index (χ4v) is 1.77. The smallest absolute Gasteiger partial charge is 0.196 e. The lowest BCUT2D eigenvalue weighted by atomic mass is 10.2. The van der Waals surface area contributed by atoms with Gasteiger partial charge in [-0.25, -0.2) is 0 Å². The molecule has 0 saturated heterocycles. The Morgan fingerprint density at radius 3 is 2.20 bits per heavy atom. The minimum atomic E-state index is -0.298. The second-order valence-electron chi connectivity index (χ2n) is 4.19. The van der Waals surface area contributed by atoms with E-state index in [1.165, 1.54) is 0 Å². The van der Waals surface area contributed by atoms with Gasteiger partial charge in [0.05, 0.1) is 0 Å². The van der Waals surface area contributed by atoms with Crippen LogP contribution in [0.15, 0.2) is 24.8 Å². The molecular weight excluding hydrogens is 256 g/mol. The summed E-state index contributed by atoms with van der Waals surface area (Å²) in [7, 11) is 0. The molecule has 0 amide bonds. The fourth-order valence-electron chi connectivity index (χ4n) is 1.77. The molecule has 4 nitrogen and oxygen atoms in total. The fraction of sp³-hybridized carbons (Fsp3) is 0.500. The summed E-state index contributed by atoms with van der Waals surface area (Å²) in [5.74, 6) is 1.44. The maximum absolute atomic E-state index is 5.70. The van der Waals surface area contributed by atoms with Crippen molar-refractivity contribution in [3.05, 3.63) is 30.3 Å². The van der Waals surface area contributed by atoms with E-state index < -0.39 is 0 Å². The lowest BCUT2D eigenvalue weighted by Gasteiger charge is -2.18. The van der Waals surface area contributed by atoms with E-state index >= 15 is 0 Å². The van der Waals surface area contributed by atoms with E-state index in [-0.39, 0.29) is 12.6 Å². The molecule has 1 rings (SSSR count). The summed E-state index contributed by atoms with van der Waals surface area (Å²) in [4.78, 5) is 0. The van der Waals surface area contributed by atoms with Crippen molar-refractivity contribution in [3.8, 4) is 11.5 Å². The molecular formula is C16H24O4. The first kappa shape index (κ1) is 16.5. The van der Waals surface area contributed by atoms with Crippen LogP contribution in [0.1, 0.15) is 33.3 Å². The van der Waals surface area contributed by atoms with Gasteiger partial charge in [0.1, 0.15) is 11.5 Å². The number of rotatable bonds is 9. The quantitative estimate of drug-likeness (QED) is 0.644. The van der Waals surface area contributed by atoms with Crippen LogP contribution >= 0.6 is 0 Å². The van der Waals surface area contributed by atoms with Crippen molar-refractivity contribution in [2.75, 3.05) is 13.2 Å². The van der Waals surface area contributed by atoms with Gasteiger partial charge in [0.15, 0.2) is 12.6 Å². The Labute approximate surface area is 121 Å². The summed E-state index contributed by atoms with van der Waals surface area (Å²) >= 11 is 0. The molecule has 0 radical (unpaired) electrons. The summed E-state index contributed by atoms with van der Waals surface area (Å²) in [5, 5.41) is 0. The Morgan fingerprint density at radius 2 is 1.65 bits per heavy atom. The molecule has 4 heteroatoms. The summed E-state index contributed by atoms with van der Waals surface area (Å²) in [5.41, 5.74) is 0.859. The van der Waals surface area contributed by atoms with Crippen molar-refractivity contribution in [2.24, 2.45) is 0 Å². The maximum atomic E-state index is 5.70. The lowest BCUT2D eigenvalue weighted by molar-refractivity contribution is -0.0636. The van der Waals surface area contributed by atoms with Crippen LogP contribution in [0.5, 0.6) is 11.5 Å². The third-order valence-corrected chi connectivity index (χ3v) is 2.60. The van der Waals surface area contributed by atoms with Gasteiger partial charge in [-0.2, -0.15) is 0 Å². The van der Waals surface area contributed by atoms with Crippen LogP contribution in [0, 0.1) is 0 Å². The molecule has 0 heterocycles. The molecule has 0 N–H and O–H groups in total. The van der Waals surface area contributed by atoms with E-state index in [0.717, 1.165) is 17.1 Å². The highest BCUT2D eigenvalue weighted by Crippen LogP contribution is 2.27. The van der Waals surface area contributed by atoms with Gasteiger partial charge < -0.3 is 18.9 Å². The maximum Gasteiger partial charge on any atom is 0.196 e. The summed E-state index contributed by atoms with van der Waals surface area (Å²) in [6.45, 7) is 12.6. The van der Waals surface area contributed by atoms with Crippen LogP contribution in [0.25, 0.3) is 6.08 Å². The van der Waals surface area contributed by atoms with Crippen molar-refractivity contribution >= 4 is 6.08 Å². The topological polar surface area (TPSA) is 36.9 Å². The predicted molar refractivity (Wildman–Crippen MR) is 80.0 cm³/mol. The summed E-state index contributed by atoms with van der Waals surface area (Å²) < 4.78 is 22.1. The number of hydrogen-bond acceptors (Lipinski definition) is 4. The SMILES string of the molecule is C=Cc1cc(OC(C)OCC)ccc1OC(C)OCC. The van der Waals surface area contributed by atoms with Gasteiger partial charge in [0.25, 0.3) is 0 Å². The molecule has 0 aliphatic carbocycles. The molecule has 0 aromatic heterocycles. The van der Waals surface area contributed by atoms with Crippen molar-refractivity contribution in [2.45, 2.75) is 40.3 Å². The van der Waals surface area contributed by atoms with E-state index in [9.17, 15) is 0 Å². The molecule has 112 valence electrons. The van der Waals surface area contributed by atoms with Crippen LogP contribution in [0.2, 0.25) is 0 Å². The van der Waals surface area contributed by atoms with Gasteiger partial charge in [-0.3, -0.25) is 0 Å². The van der Waals surface area contributed by atoms with E-state index in [4.69, 9.17) is 18.9 Å². The first-order valence-corrected chi connectivity index (χ1v) is 6.93. The highest BCUT2D eigenvalue weighted by atomic mass is 16.7. The zero-order valence-corrected chi connectivity index (χ0v) is 12.7. The van der Waals surface area contributed by atoms with E-state index in [0.29, 0.717) is 13.2 Å². The molecule has 0 aliphatic rings. The summed E-state index contributed by atoms with van der Waals surface area (Å²) in [6, 6.07) is 5.56. The van der Waals surface area contributed by atoms with Gasteiger partial charge >= 0.3 is 0 Å². The zero-order valence-electron chi connectivity index (χ0n) is 12.7. The Balaban J connectivity index is 2.77. The third-order valence-electron chi connectivity index (χ3n) is 2.60. The van der Waals surface area contributed by atoms with Crippen LogP contribution in [0.3, 0.4) is 0 Å². The molecule has 0 fully saturated rings. The lowest BCUT2D eigenvalue weighted by Crippen LogP contribution is -2.17. The van der Waals surface area contributed by atoms with Crippen LogP contribution < -0.4 is 9.47 Å². The Hall–Kier alpha value is -1.52. The molecule has 20 heavy (non-hydrogen) atoms. The van der Waals surface area contributed by atoms with Crippen molar-refractivity contribution < 1.29 is 18.9 Å². The predicted octanol–water partition coefficient (Wildman–Crippen LogP) is 3.85.